The maximum absolute atomic E-state index is 6.91. The molecule has 7 nitrogen and oxygen atoms in total. The average molecular weight is 472 g/mol. The van der Waals surface area contributed by atoms with E-state index in [1.165, 1.54) is 12.8 Å². The largest absolute Gasteiger partial charge is 0.331 e. The van der Waals surface area contributed by atoms with Gasteiger partial charge in [0.25, 0.3) is 0 Å². The van der Waals surface area contributed by atoms with E-state index in [0.29, 0.717) is 13.1 Å². The van der Waals surface area contributed by atoms with Gasteiger partial charge in [-0.3, -0.25) is 4.90 Å². The van der Waals surface area contributed by atoms with Crippen LogP contribution in [0.1, 0.15) is 93.9 Å². The van der Waals surface area contributed by atoms with Crippen molar-refractivity contribution in [2.24, 2.45) is 15.8 Å². The molecule has 7 heteroatoms. The van der Waals surface area contributed by atoms with Gasteiger partial charge >= 0.3 is 0 Å². The molecule has 2 saturated heterocycles. The number of likely N-dealkylation sites (tertiary alicyclic amines) is 2. The molecule has 0 aliphatic carbocycles. The molecule has 1 unspecified atom stereocenters. The van der Waals surface area contributed by atoms with Gasteiger partial charge < -0.3 is 9.80 Å². The highest BCUT2D eigenvalue weighted by atomic mass is 15.7. The Morgan fingerprint density at radius 1 is 0.824 bits per heavy atom. The van der Waals surface area contributed by atoms with E-state index in [9.17, 15) is 0 Å². The molecule has 0 aromatic rings. The van der Waals surface area contributed by atoms with E-state index in [1.807, 2.05) is 12.2 Å². The van der Waals surface area contributed by atoms with Gasteiger partial charge in [0.05, 0.1) is 0 Å². The lowest BCUT2D eigenvalue weighted by molar-refractivity contribution is 0.00590. The molecule has 34 heavy (non-hydrogen) atoms. The molecule has 3 heterocycles. The highest BCUT2D eigenvalue weighted by Gasteiger charge is 2.49. The Kier molecular flexibility index (Phi) is 7.32. The van der Waals surface area contributed by atoms with Gasteiger partial charge in [-0.05, 0) is 93.9 Å². The first-order valence-corrected chi connectivity index (χ1v) is 12.9. The van der Waals surface area contributed by atoms with Crippen LogP contribution < -0.4 is 5.84 Å². The number of nitrogens with zero attached hydrogens (tertiary/aromatic N) is 6. The highest BCUT2D eigenvalue weighted by Crippen LogP contribution is 2.42. The van der Waals surface area contributed by atoms with Crippen LogP contribution in [0.3, 0.4) is 0 Å². The summed E-state index contributed by atoms with van der Waals surface area (Å²) in [7, 11) is 0. The first-order chi connectivity index (χ1) is 15.7. The molecule has 3 aliphatic rings. The van der Waals surface area contributed by atoms with Gasteiger partial charge in [0.15, 0.2) is 6.29 Å². The van der Waals surface area contributed by atoms with Crippen LogP contribution in [0, 0.1) is 0 Å². The smallest absolute Gasteiger partial charge is 0.228 e. The van der Waals surface area contributed by atoms with Crippen LogP contribution in [0.15, 0.2) is 35.3 Å². The van der Waals surface area contributed by atoms with Crippen molar-refractivity contribution in [1.82, 2.24) is 19.7 Å². The Morgan fingerprint density at radius 3 is 1.65 bits per heavy atom. The minimum absolute atomic E-state index is 0.0504. The maximum atomic E-state index is 6.91. The molecule has 0 radical (unpaired) electrons. The van der Waals surface area contributed by atoms with E-state index in [4.69, 9.17) is 15.8 Å². The second kappa shape index (κ2) is 9.30. The van der Waals surface area contributed by atoms with Crippen LogP contribution in [-0.4, -0.2) is 73.2 Å². The van der Waals surface area contributed by atoms with Crippen LogP contribution >= 0.6 is 0 Å². The van der Waals surface area contributed by atoms with Crippen molar-refractivity contribution in [2.75, 3.05) is 13.1 Å². The number of hydrogen-bond acceptors (Lipinski definition) is 7. The Morgan fingerprint density at radius 2 is 1.24 bits per heavy atom. The third-order valence-electron chi connectivity index (χ3n) is 7.94. The number of rotatable bonds is 5. The molecular formula is C27H49N7. The molecule has 2 fully saturated rings. The Bertz CT molecular complexity index is 794. The van der Waals surface area contributed by atoms with Gasteiger partial charge in [-0.15, -0.1) is 13.2 Å². The lowest BCUT2D eigenvalue weighted by Crippen LogP contribution is -2.70. The van der Waals surface area contributed by atoms with E-state index in [0.717, 1.165) is 37.6 Å². The number of guanidine groups is 2. The quantitative estimate of drug-likeness (QED) is 0.455. The van der Waals surface area contributed by atoms with E-state index in [1.54, 1.807) is 5.01 Å². The first kappa shape index (κ1) is 26.7. The summed E-state index contributed by atoms with van der Waals surface area (Å²) in [4.78, 5) is 17.6. The van der Waals surface area contributed by atoms with Crippen molar-refractivity contribution in [3.63, 3.8) is 0 Å². The molecule has 0 aromatic carbocycles. The van der Waals surface area contributed by atoms with Crippen LogP contribution in [0.25, 0.3) is 0 Å². The fourth-order valence-corrected chi connectivity index (χ4v) is 6.65. The summed E-state index contributed by atoms with van der Waals surface area (Å²) in [6.45, 7) is 27.8. The number of hydrogen-bond donors (Lipinski definition) is 1. The van der Waals surface area contributed by atoms with Crippen molar-refractivity contribution in [3.05, 3.63) is 25.3 Å². The van der Waals surface area contributed by atoms with Gasteiger partial charge in [0.1, 0.15) is 0 Å². The molecule has 0 bridgehead atoms. The molecular weight excluding hydrogens is 422 g/mol. The molecule has 0 amide bonds. The molecule has 0 saturated carbocycles. The van der Waals surface area contributed by atoms with Crippen molar-refractivity contribution >= 4 is 11.9 Å². The fraction of sp³-hybridized carbons (Fsp3) is 0.778. The average Bonchev–Trinajstić information content (AvgIpc) is 2.67. The summed E-state index contributed by atoms with van der Waals surface area (Å²) >= 11 is 0. The van der Waals surface area contributed by atoms with Crippen molar-refractivity contribution in [3.8, 4) is 0 Å². The van der Waals surface area contributed by atoms with Gasteiger partial charge in [-0.1, -0.05) is 12.2 Å². The molecule has 192 valence electrons. The first-order valence-electron chi connectivity index (χ1n) is 12.9. The second-order valence-electron chi connectivity index (χ2n) is 12.8. The van der Waals surface area contributed by atoms with Crippen LogP contribution in [0.4, 0.5) is 0 Å². The standard InChI is InChI=1S/C27H49N7/c1-11-19-31(20-12-2)22-29-21(33-24(3,4)15-13-16-25(33,5)6)30-23(32(22)28)34-26(7,8)17-14-18-27(34,9)10/h11-12,22H,1-2,13-20,28H2,3-10H3. The minimum Gasteiger partial charge on any atom is -0.331 e. The number of aliphatic imine (C=N–C) groups is 2. The van der Waals surface area contributed by atoms with Crippen LogP contribution in [0.2, 0.25) is 0 Å². The van der Waals surface area contributed by atoms with Gasteiger partial charge in [-0.25, -0.2) is 15.8 Å². The lowest BCUT2D eigenvalue weighted by atomic mass is 9.80. The molecule has 1 atom stereocenters. The van der Waals surface area contributed by atoms with Crippen molar-refractivity contribution < 1.29 is 0 Å². The van der Waals surface area contributed by atoms with E-state index < -0.39 is 0 Å². The minimum atomic E-state index is -0.388. The highest BCUT2D eigenvalue weighted by molar-refractivity contribution is 5.98. The third kappa shape index (κ3) is 4.92. The third-order valence-corrected chi connectivity index (χ3v) is 7.94. The lowest BCUT2D eigenvalue weighted by Gasteiger charge is -2.58. The monoisotopic (exact) mass is 471 g/mol. The zero-order valence-electron chi connectivity index (χ0n) is 23.1. The topological polar surface area (TPSA) is 63.7 Å². The maximum Gasteiger partial charge on any atom is 0.228 e. The summed E-state index contributed by atoms with van der Waals surface area (Å²) in [5.74, 6) is 8.50. The molecule has 0 spiro atoms. The normalized spacial score (nSPS) is 27.8. The number of hydrazine groups is 1. The Labute approximate surface area is 208 Å². The van der Waals surface area contributed by atoms with Gasteiger partial charge in [0.2, 0.25) is 11.9 Å². The molecule has 0 aromatic heterocycles. The summed E-state index contributed by atoms with van der Waals surface area (Å²) in [6, 6.07) is 0. The summed E-state index contributed by atoms with van der Waals surface area (Å²) in [5, 5.41) is 1.77. The predicted octanol–water partition coefficient (Wildman–Crippen LogP) is 4.93. The van der Waals surface area contributed by atoms with Crippen molar-refractivity contribution in [2.45, 2.75) is 122 Å². The number of piperidine rings is 2. The van der Waals surface area contributed by atoms with Crippen molar-refractivity contribution in [1.29, 1.82) is 0 Å². The van der Waals surface area contributed by atoms with E-state index in [2.05, 4.69) is 83.2 Å². The second-order valence-corrected chi connectivity index (χ2v) is 12.8. The number of nitrogens with two attached hydrogens (primary N) is 1. The fourth-order valence-electron chi connectivity index (χ4n) is 6.65. The van der Waals surface area contributed by atoms with E-state index in [-0.39, 0.29) is 28.4 Å². The summed E-state index contributed by atoms with van der Waals surface area (Å²) in [6.07, 6.45) is 10.3. The Hall–Kier alpha value is -1.86. The molecule has 2 N–H and O–H groups in total. The summed E-state index contributed by atoms with van der Waals surface area (Å²) in [5.41, 5.74) is -0.240. The van der Waals surface area contributed by atoms with Gasteiger partial charge in [-0.2, -0.15) is 4.99 Å². The SMILES string of the molecule is C=CCN(CC=C)C1N=C(N2C(C)(C)CCCC2(C)C)N=C(N2C(C)(C)CCCC2(C)C)N1N. The summed E-state index contributed by atoms with van der Waals surface area (Å²) < 4.78 is 0. The van der Waals surface area contributed by atoms with Crippen LogP contribution in [-0.2, 0) is 0 Å². The molecule has 3 rings (SSSR count). The molecule has 3 aliphatic heterocycles. The zero-order valence-corrected chi connectivity index (χ0v) is 23.1. The predicted molar refractivity (Wildman–Crippen MR) is 144 cm³/mol. The Balaban J connectivity index is 2.20. The van der Waals surface area contributed by atoms with Crippen LogP contribution in [0.5, 0.6) is 0 Å². The van der Waals surface area contributed by atoms with E-state index >= 15 is 0 Å². The zero-order chi connectivity index (χ0) is 25.5. The van der Waals surface area contributed by atoms with Gasteiger partial charge in [0, 0.05) is 35.2 Å².